The first-order valence-corrected chi connectivity index (χ1v) is 13.0. The Bertz CT molecular complexity index is 1920. The van der Waals surface area contributed by atoms with Crippen molar-refractivity contribution in [2.24, 2.45) is 0 Å². The van der Waals surface area contributed by atoms with Crippen molar-refractivity contribution in [3.8, 4) is 56.8 Å². The van der Waals surface area contributed by atoms with Gasteiger partial charge in [0.05, 0.1) is 11.1 Å². The van der Waals surface area contributed by atoms with Gasteiger partial charge < -0.3 is 10.2 Å². The third-order valence-corrected chi connectivity index (χ3v) is 7.15. The molecular weight excluding hydrogens is 494 g/mol. The van der Waals surface area contributed by atoms with Crippen LogP contribution in [0.2, 0.25) is 0 Å². The fourth-order valence-corrected chi connectivity index (χ4v) is 5.16. The van der Waals surface area contributed by atoms with Gasteiger partial charge in [-0.15, -0.1) is 0 Å². The summed E-state index contributed by atoms with van der Waals surface area (Å²) in [6.45, 7) is 0. The summed E-state index contributed by atoms with van der Waals surface area (Å²) in [6.07, 6.45) is 0. The Morgan fingerprint density at radius 1 is 0.350 bits per heavy atom. The standard InChI is InChI=1S/C35H23N3O2/c39-29-20-18-24-10-4-6-12-27(24)31(29)34-36-33(26-16-14-23(15-17-26)22-8-2-1-3-9-22)37-35(38-34)32-28-13-7-5-11-25(28)19-21-30(32)40/h1-21,39-40H. The molecule has 0 fully saturated rings. The van der Waals surface area contributed by atoms with Gasteiger partial charge in [0.1, 0.15) is 11.5 Å². The molecule has 7 rings (SSSR count). The summed E-state index contributed by atoms with van der Waals surface area (Å²) in [5, 5.41) is 25.6. The summed E-state index contributed by atoms with van der Waals surface area (Å²) in [6, 6.07) is 40.9. The molecule has 0 amide bonds. The highest BCUT2D eigenvalue weighted by Crippen LogP contribution is 2.39. The van der Waals surface area contributed by atoms with E-state index in [0.717, 1.165) is 38.2 Å². The molecule has 40 heavy (non-hydrogen) atoms. The van der Waals surface area contributed by atoms with Crippen LogP contribution >= 0.6 is 0 Å². The number of phenolic OH excluding ortho intramolecular Hbond substituents is 2. The molecule has 1 aromatic heterocycles. The van der Waals surface area contributed by atoms with Crippen molar-refractivity contribution in [3.63, 3.8) is 0 Å². The second kappa shape index (κ2) is 9.64. The molecule has 0 atom stereocenters. The number of phenols is 2. The summed E-state index contributed by atoms with van der Waals surface area (Å²) >= 11 is 0. The van der Waals surface area contributed by atoms with Crippen LogP contribution in [0.5, 0.6) is 11.5 Å². The number of hydrogen-bond donors (Lipinski definition) is 2. The van der Waals surface area contributed by atoms with Crippen molar-refractivity contribution in [2.75, 3.05) is 0 Å². The zero-order valence-corrected chi connectivity index (χ0v) is 21.4. The highest BCUT2D eigenvalue weighted by atomic mass is 16.3. The number of aromatic hydroxyl groups is 2. The number of nitrogens with zero attached hydrogens (tertiary/aromatic N) is 3. The SMILES string of the molecule is Oc1ccc2ccccc2c1-c1nc(-c2ccc(-c3ccccc3)cc2)nc(-c2c(O)ccc3ccccc23)n1. The molecule has 6 aromatic carbocycles. The monoisotopic (exact) mass is 517 g/mol. The molecule has 7 aromatic rings. The molecule has 0 unspecified atom stereocenters. The van der Waals surface area contributed by atoms with Gasteiger partial charge in [0.25, 0.3) is 0 Å². The van der Waals surface area contributed by atoms with Crippen molar-refractivity contribution in [1.29, 1.82) is 0 Å². The smallest absolute Gasteiger partial charge is 0.168 e. The average molecular weight is 518 g/mol. The normalized spacial score (nSPS) is 11.2. The van der Waals surface area contributed by atoms with Crippen molar-refractivity contribution in [1.82, 2.24) is 15.0 Å². The Balaban J connectivity index is 1.48. The van der Waals surface area contributed by atoms with E-state index in [-0.39, 0.29) is 11.5 Å². The zero-order chi connectivity index (χ0) is 27.1. The van der Waals surface area contributed by atoms with E-state index in [4.69, 9.17) is 15.0 Å². The van der Waals surface area contributed by atoms with Crippen LogP contribution in [0, 0.1) is 0 Å². The lowest BCUT2D eigenvalue weighted by atomic mass is 10.0. The predicted molar refractivity (Wildman–Crippen MR) is 160 cm³/mol. The van der Waals surface area contributed by atoms with E-state index in [0.29, 0.717) is 28.6 Å². The minimum absolute atomic E-state index is 0.0726. The minimum atomic E-state index is 0.0726. The van der Waals surface area contributed by atoms with Crippen molar-refractivity contribution in [2.45, 2.75) is 0 Å². The molecule has 0 radical (unpaired) electrons. The van der Waals surface area contributed by atoms with Gasteiger partial charge in [-0.05, 0) is 44.8 Å². The van der Waals surface area contributed by atoms with Gasteiger partial charge in [0, 0.05) is 5.56 Å². The molecule has 1 heterocycles. The van der Waals surface area contributed by atoms with Gasteiger partial charge >= 0.3 is 0 Å². The largest absolute Gasteiger partial charge is 0.507 e. The van der Waals surface area contributed by atoms with Crippen molar-refractivity contribution < 1.29 is 10.2 Å². The van der Waals surface area contributed by atoms with Crippen LogP contribution in [-0.2, 0) is 0 Å². The minimum Gasteiger partial charge on any atom is -0.507 e. The number of hydrogen-bond acceptors (Lipinski definition) is 5. The first kappa shape index (κ1) is 23.6. The maximum absolute atomic E-state index is 11.0. The van der Waals surface area contributed by atoms with E-state index < -0.39 is 0 Å². The van der Waals surface area contributed by atoms with Crippen LogP contribution in [0.1, 0.15) is 0 Å². The fraction of sp³-hybridized carbons (Fsp3) is 0. The number of aromatic nitrogens is 3. The quantitative estimate of drug-likeness (QED) is 0.246. The Morgan fingerprint density at radius 2 is 0.775 bits per heavy atom. The van der Waals surface area contributed by atoms with E-state index in [1.165, 1.54) is 0 Å². The number of rotatable bonds is 4. The predicted octanol–water partition coefficient (Wildman–Crippen LogP) is 8.26. The fourth-order valence-electron chi connectivity index (χ4n) is 5.16. The lowest BCUT2D eigenvalue weighted by Crippen LogP contribution is -2.01. The second-order valence-electron chi connectivity index (χ2n) is 9.61. The van der Waals surface area contributed by atoms with Crippen LogP contribution in [-0.4, -0.2) is 25.2 Å². The van der Waals surface area contributed by atoms with Crippen molar-refractivity contribution >= 4 is 21.5 Å². The summed E-state index contributed by atoms with van der Waals surface area (Å²) in [5.41, 5.74) is 4.03. The topological polar surface area (TPSA) is 79.1 Å². The van der Waals surface area contributed by atoms with Gasteiger partial charge in [0.2, 0.25) is 0 Å². The van der Waals surface area contributed by atoms with Crippen molar-refractivity contribution in [3.05, 3.63) is 127 Å². The van der Waals surface area contributed by atoms with Gasteiger partial charge in [-0.3, -0.25) is 0 Å². The maximum Gasteiger partial charge on any atom is 0.168 e. The van der Waals surface area contributed by atoms with E-state index in [2.05, 4.69) is 12.1 Å². The van der Waals surface area contributed by atoms with Crippen LogP contribution in [0.15, 0.2) is 127 Å². The van der Waals surface area contributed by atoms with Gasteiger partial charge in [-0.2, -0.15) is 0 Å². The van der Waals surface area contributed by atoms with E-state index in [1.807, 2.05) is 103 Å². The lowest BCUT2D eigenvalue weighted by molar-refractivity contribution is 0.477. The third-order valence-electron chi connectivity index (χ3n) is 7.15. The van der Waals surface area contributed by atoms with Crippen LogP contribution in [0.3, 0.4) is 0 Å². The second-order valence-corrected chi connectivity index (χ2v) is 9.61. The molecule has 0 aliphatic rings. The molecule has 0 saturated heterocycles. The van der Waals surface area contributed by atoms with Gasteiger partial charge in [0.15, 0.2) is 17.5 Å². The molecule has 0 bridgehead atoms. The number of benzene rings is 6. The Morgan fingerprint density at radius 3 is 1.32 bits per heavy atom. The molecule has 5 nitrogen and oxygen atoms in total. The first-order chi connectivity index (χ1) is 19.7. The van der Waals surface area contributed by atoms with Crippen LogP contribution in [0.25, 0.3) is 66.8 Å². The summed E-state index contributed by atoms with van der Waals surface area (Å²) < 4.78 is 0. The van der Waals surface area contributed by atoms with E-state index in [1.54, 1.807) is 12.1 Å². The molecule has 0 aliphatic heterocycles. The molecular formula is C35H23N3O2. The molecule has 0 spiro atoms. The molecule has 0 aliphatic carbocycles. The lowest BCUT2D eigenvalue weighted by Gasteiger charge is -2.13. The van der Waals surface area contributed by atoms with E-state index in [9.17, 15) is 10.2 Å². The number of fused-ring (bicyclic) bond motifs is 2. The van der Waals surface area contributed by atoms with Gasteiger partial charge in [-0.25, -0.2) is 15.0 Å². The molecule has 190 valence electrons. The molecule has 0 saturated carbocycles. The highest BCUT2D eigenvalue weighted by Gasteiger charge is 2.20. The summed E-state index contributed by atoms with van der Waals surface area (Å²) in [5.74, 6) is 1.24. The van der Waals surface area contributed by atoms with Crippen LogP contribution < -0.4 is 0 Å². The first-order valence-electron chi connectivity index (χ1n) is 13.0. The Hall–Kier alpha value is -5.55. The Kier molecular flexibility index (Phi) is 5.68. The zero-order valence-electron chi connectivity index (χ0n) is 21.4. The average Bonchev–Trinajstić information content (AvgIpc) is 3.01. The summed E-state index contributed by atoms with van der Waals surface area (Å²) in [7, 11) is 0. The maximum atomic E-state index is 11.0. The highest BCUT2D eigenvalue weighted by molar-refractivity contribution is 6.00. The summed E-state index contributed by atoms with van der Waals surface area (Å²) in [4.78, 5) is 14.6. The molecule has 2 N–H and O–H groups in total. The van der Waals surface area contributed by atoms with E-state index >= 15 is 0 Å². The van der Waals surface area contributed by atoms with Crippen LogP contribution in [0.4, 0.5) is 0 Å². The molecule has 5 heteroatoms. The van der Waals surface area contributed by atoms with Gasteiger partial charge in [-0.1, -0.05) is 115 Å². The Labute approximate surface area is 230 Å². The third kappa shape index (κ3) is 4.10.